The maximum Gasteiger partial charge on any atom is 0.227 e. The highest BCUT2D eigenvalue weighted by Crippen LogP contribution is 2.20. The molecule has 3 nitrogen and oxygen atoms in total. The molecule has 0 aromatic carbocycles. The summed E-state index contributed by atoms with van der Waals surface area (Å²) >= 11 is 1.97. The third-order valence-corrected chi connectivity index (χ3v) is 4.10. The minimum Gasteiger partial charge on any atom is -0.340 e. The summed E-state index contributed by atoms with van der Waals surface area (Å²) < 4.78 is 0. The Morgan fingerprint density at radius 2 is 2.33 bits per heavy atom. The molecule has 0 radical (unpaired) electrons. The third-order valence-electron chi connectivity index (χ3n) is 2.96. The topological polar surface area (TPSA) is 32.3 Å². The largest absolute Gasteiger partial charge is 0.340 e. The Balaban J connectivity index is 0.00000112. The number of amides is 1. The van der Waals surface area contributed by atoms with E-state index in [1.165, 1.54) is 0 Å². The van der Waals surface area contributed by atoms with Gasteiger partial charge in [-0.1, -0.05) is 6.92 Å². The molecule has 88 valence electrons. The highest BCUT2D eigenvalue weighted by molar-refractivity contribution is 7.99. The number of halogens is 1. The molecule has 0 bridgehead atoms. The van der Waals surface area contributed by atoms with Gasteiger partial charge < -0.3 is 10.2 Å². The fourth-order valence-corrected chi connectivity index (χ4v) is 3.16. The number of thioether (sulfide) groups is 1. The molecule has 1 N–H and O–H groups in total. The highest BCUT2D eigenvalue weighted by Gasteiger charge is 2.29. The van der Waals surface area contributed by atoms with Crippen LogP contribution in [-0.4, -0.2) is 48.0 Å². The van der Waals surface area contributed by atoms with Gasteiger partial charge in [0, 0.05) is 30.6 Å². The molecule has 2 atom stereocenters. The van der Waals surface area contributed by atoms with Crippen LogP contribution in [0.25, 0.3) is 0 Å². The average Bonchev–Trinajstić information content (AvgIpc) is 2.69. The molecular formula is C10H19ClN2OS. The molecule has 2 unspecified atom stereocenters. The lowest BCUT2D eigenvalue weighted by molar-refractivity contribution is -0.134. The van der Waals surface area contributed by atoms with Crippen LogP contribution in [0.2, 0.25) is 0 Å². The summed E-state index contributed by atoms with van der Waals surface area (Å²) in [6, 6.07) is 0. The van der Waals surface area contributed by atoms with Crippen molar-refractivity contribution in [3.63, 3.8) is 0 Å². The molecule has 2 heterocycles. The van der Waals surface area contributed by atoms with Crippen LogP contribution in [0.5, 0.6) is 0 Å². The summed E-state index contributed by atoms with van der Waals surface area (Å²) in [5, 5.41) is 3.86. The molecule has 2 aliphatic rings. The Morgan fingerprint density at radius 3 is 2.93 bits per heavy atom. The average molecular weight is 251 g/mol. The molecule has 0 spiro atoms. The van der Waals surface area contributed by atoms with Crippen molar-refractivity contribution in [3.8, 4) is 0 Å². The van der Waals surface area contributed by atoms with Crippen LogP contribution in [0, 0.1) is 5.92 Å². The van der Waals surface area contributed by atoms with Gasteiger partial charge in [0.15, 0.2) is 0 Å². The molecule has 5 heteroatoms. The first-order valence-electron chi connectivity index (χ1n) is 5.38. The maximum absolute atomic E-state index is 12.0. The molecule has 0 saturated carbocycles. The molecule has 0 aromatic heterocycles. The zero-order chi connectivity index (χ0) is 9.97. The van der Waals surface area contributed by atoms with E-state index < -0.39 is 0 Å². The predicted molar refractivity (Wildman–Crippen MR) is 66.7 cm³/mol. The standard InChI is InChI=1S/C10H18N2OS.ClH/c1-8-7-12(4-5-14-8)10(13)9-2-3-11-6-9;/h8-9,11H,2-7H2,1H3;1H. The van der Waals surface area contributed by atoms with E-state index >= 15 is 0 Å². The van der Waals surface area contributed by atoms with Gasteiger partial charge in [0.1, 0.15) is 0 Å². The second-order valence-electron chi connectivity index (χ2n) is 4.16. The molecule has 2 rings (SSSR count). The Kier molecular flexibility index (Phi) is 5.23. The van der Waals surface area contributed by atoms with Crippen molar-refractivity contribution in [1.29, 1.82) is 0 Å². The lowest BCUT2D eigenvalue weighted by Gasteiger charge is -2.32. The first-order valence-corrected chi connectivity index (χ1v) is 6.43. The lowest BCUT2D eigenvalue weighted by Crippen LogP contribution is -2.44. The van der Waals surface area contributed by atoms with Crippen molar-refractivity contribution in [2.24, 2.45) is 5.92 Å². The van der Waals surface area contributed by atoms with E-state index in [9.17, 15) is 4.79 Å². The fourth-order valence-electron chi connectivity index (χ4n) is 2.14. The molecule has 2 aliphatic heterocycles. The van der Waals surface area contributed by atoms with Gasteiger partial charge in [-0.15, -0.1) is 12.4 Å². The predicted octanol–water partition coefficient (Wildman–Crippen LogP) is 0.982. The zero-order valence-electron chi connectivity index (χ0n) is 9.07. The van der Waals surface area contributed by atoms with Crippen LogP contribution in [0.3, 0.4) is 0 Å². The molecule has 1 amide bonds. The highest BCUT2D eigenvalue weighted by atomic mass is 35.5. The summed E-state index contributed by atoms with van der Waals surface area (Å²) in [6.45, 7) is 5.99. The van der Waals surface area contributed by atoms with E-state index in [4.69, 9.17) is 0 Å². The number of rotatable bonds is 1. The van der Waals surface area contributed by atoms with Crippen LogP contribution in [0.1, 0.15) is 13.3 Å². The summed E-state index contributed by atoms with van der Waals surface area (Å²) in [4.78, 5) is 14.1. The monoisotopic (exact) mass is 250 g/mol. The molecule has 0 aromatic rings. The van der Waals surface area contributed by atoms with Crippen molar-refractivity contribution in [3.05, 3.63) is 0 Å². The van der Waals surface area contributed by atoms with Gasteiger partial charge in [-0.3, -0.25) is 4.79 Å². The van der Waals surface area contributed by atoms with Crippen molar-refractivity contribution in [2.45, 2.75) is 18.6 Å². The second kappa shape index (κ2) is 5.97. The number of nitrogens with one attached hydrogen (secondary N) is 1. The van der Waals surface area contributed by atoms with E-state index in [1.54, 1.807) is 0 Å². The van der Waals surface area contributed by atoms with Gasteiger partial charge in [-0.25, -0.2) is 0 Å². The molecular weight excluding hydrogens is 232 g/mol. The quantitative estimate of drug-likeness (QED) is 0.753. The number of hydrogen-bond donors (Lipinski definition) is 1. The Labute approximate surface area is 102 Å². The summed E-state index contributed by atoms with van der Waals surface area (Å²) in [5.74, 6) is 1.74. The van der Waals surface area contributed by atoms with Crippen LogP contribution in [0.15, 0.2) is 0 Å². The first-order chi connectivity index (χ1) is 6.77. The smallest absolute Gasteiger partial charge is 0.227 e. The van der Waals surface area contributed by atoms with Crippen molar-refractivity contribution < 1.29 is 4.79 Å². The number of carbonyl (C=O) groups is 1. The summed E-state index contributed by atoms with van der Waals surface area (Å²) in [6.07, 6.45) is 1.02. The zero-order valence-corrected chi connectivity index (χ0v) is 10.7. The maximum atomic E-state index is 12.0. The molecule has 2 fully saturated rings. The van der Waals surface area contributed by atoms with Gasteiger partial charge in [0.25, 0.3) is 0 Å². The van der Waals surface area contributed by atoms with Gasteiger partial charge in [0.2, 0.25) is 5.91 Å². The van der Waals surface area contributed by atoms with Crippen LogP contribution in [-0.2, 0) is 4.79 Å². The van der Waals surface area contributed by atoms with Crippen LogP contribution in [0.4, 0.5) is 0 Å². The lowest BCUT2D eigenvalue weighted by atomic mass is 10.1. The number of carbonyl (C=O) groups excluding carboxylic acids is 1. The third kappa shape index (κ3) is 3.26. The summed E-state index contributed by atoms with van der Waals surface area (Å²) in [7, 11) is 0. The normalized spacial score (nSPS) is 31.1. The van der Waals surface area contributed by atoms with E-state index in [1.807, 2.05) is 11.8 Å². The molecule has 0 aliphatic carbocycles. The van der Waals surface area contributed by atoms with E-state index in [-0.39, 0.29) is 18.3 Å². The Bertz CT molecular complexity index is 221. The van der Waals surface area contributed by atoms with E-state index in [0.29, 0.717) is 11.2 Å². The van der Waals surface area contributed by atoms with Crippen molar-refractivity contribution >= 4 is 30.1 Å². The first kappa shape index (κ1) is 13.1. The van der Waals surface area contributed by atoms with Crippen LogP contribution >= 0.6 is 24.2 Å². The van der Waals surface area contributed by atoms with Gasteiger partial charge in [0.05, 0.1) is 5.92 Å². The van der Waals surface area contributed by atoms with Crippen molar-refractivity contribution in [2.75, 3.05) is 31.9 Å². The number of hydrogen-bond acceptors (Lipinski definition) is 3. The van der Waals surface area contributed by atoms with Crippen LogP contribution < -0.4 is 5.32 Å². The Hall–Kier alpha value is 0.0700. The minimum absolute atomic E-state index is 0. The SMILES string of the molecule is CC1CN(C(=O)C2CCNC2)CCS1.Cl. The van der Waals surface area contributed by atoms with E-state index in [0.717, 1.165) is 38.4 Å². The van der Waals surface area contributed by atoms with Gasteiger partial charge in [-0.2, -0.15) is 11.8 Å². The van der Waals surface area contributed by atoms with Gasteiger partial charge >= 0.3 is 0 Å². The molecule has 15 heavy (non-hydrogen) atoms. The summed E-state index contributed by atoms with van der Waals surface area (Å²) in [5.41, 5.74) is 0. The minimum atomic E-state index is 0. The second-order valence-corrected chi connectivity index (χ2v) is 5.70. The number of nitrogens with zero attached hydrogens (tertiary/aromatic N) is 1. The van der Waals surface area contributed by atoms with E-state index in [2.05, 4.69) is 17.1 Å². The van der Waals surface area contributed by atoms with Crippen molar-refractivity contribution in [1.82, 2.24) is 10.2 Å². The fraction of sp³-hybridized carbons (Fsp3) is 0.900. The molecule has 2 saturated heterocycles. The Morgan fingerprint density at radius 1 is 1.53 bits per heavy atom. The van der Waals surface area contributed by atoms with Gasteiger partial charge in [-0.05, 0) is 13.0 Å².